The zero-order valence-electron chi connectivity index (χ0n) is 10.9. The van der Waals surface area contributed by atoms with E-state index >= 15 is 0 Å². The van der Waals surface area contributed by atoms with E-state index in [1.54, 1.807) is 11.3 Å². The van der Waals surface area contributed by atoms with Gasteiger partial charge in [0.2, 0.25) is 0 Å². The molecule has 0 unspecified atom stereocenters. The van der Waals surface area contributed by atoms with E-state index in [-0.39, 0.29) is 0 Å². The maximum absolute atomic E-state index is 4.85. The standard InChI is InChI=1S/C16H13N3S/c1-2-4-15-14(3-1)16(12-5-8-17-9-6-12)18-19(15)13-7-10-20-11-13/h1,3,5-11H,2,4H2. The van der Waals surface area contributed by atoms with E-state index in [0.29, 0.717) is 0 Å². The minimum Gasteiger partial charge on any atom is -0.265 e. The van der Waals surface area contributed by atoms with Crippen LogP contribution in [0.15, 0.2) is 47.4 Å². The second kappa shape index (κ2) is 4.72. The Morgan fingerprint density at radius 3 is 2.85 bits per heavy atom. The molecule has 0 radical (unpaired) electrons. The van der Waals surface area contributed by atoms with Crippen LogP contribution in [0.3, 0.4) is 0 Å². The van der Waals surface area contributed by atoms with Crippen LogP contribution in [0.2, 0.25) is 0 Å². The SMILES string of the molecule is C1=Cc2c(-c3ccncc3)nn(-c3ccsc3)c2CC1. The lowest BCUT2D eigenvalue weighted by Crippen LogP contribution is -2.03. The van der Waals surface area contributed by atoms with Gasteiger partial charge in [-0.15, -0.1) is 0 Å². The van der Waals surface area contributed by atoms with Crippen LogP contribution in [0.5, 0.6) is 0 Å². The van der Waals surface area contributed by atoms with Gasteiger partial charge in [-0.3, -0.25) is 4.98 Å². The smallest absolute Gasteiger partial charge is 0.100 e. The Morgan fingerprint density at radius 1 is 1.15 bits per heavy atom. The summed E-state index contributed by atoms with van der Waals surface area (Å²) in [4.78, 5) is 4.09. The molecular weight excluding hydrogens is 266 g/mol. The van der Waals surface area contributed by atoms with Crippen molar-refractivity contribution in [3.8, 4) is 16.9 Å². The molecule has 1 aliphatic carbocycles. The molecule has 20 heavy (non-hydrogen) atoms. The number of hydrogen-bond acceptors (Lipinski definition) is 3. The Hall–Kier alpha value is -2.20. The van der Waals surface area contributed by atoms with Crippen LogP contribution in [0.1, 0.15) is 17.7 Å². The second-order valence-electron chi connectivity index (χ2n) is 4.78. The van der Waals surface area contributed by atoms with Crippen molar-refractivity contribution in [3.05, 3.63) is 58.7 Å². The van der Waals surface area contributed by atoms with Gasteiger partial charge in [0, 0.05) is 28.9 Å². The molecule has 4 rings (SSSR count). The zero-order valence-corrected chi connectivity index (χ0v) is 11.7. The summed E-state index contributed by atoms with van der Waals surface area (Å²) in [5.74, 6) is 0. The molecule has 3 aromatic rings. The summed E-state index contributed by atoms with van der Waals surface area (Å²) < 4.78 is 2.09. The van der Waals surface area contributed by atoms with E-state index < -0.39 is 0 Å². The highest BCUT2D eigenvalue weighted by molar-refractivity contribution is 7.08. The van der Waals surface area contributed by atoms with Crippen LogP contribution < -0.4 is 0 Å². The van der Waals surface area contributed by atoms with Gasteiger partial charge in [-0.2, -0.15) is 16.4 Å². The number of allylic oxidation sites excluding steroid dienone is 1. The molecule has 0 saturated carbocycles. The van der Waals surface area contributed by atoms with E-state index in [4.69, 9.17) is 5.10 Å². The normalized spacial score (nSPS) is 13.4. The van der Waals surface area contributed by atoms with Crippen LogP contribution in [-0.4, -0.2) is 14.8 Å². The van der Waals surface area contributed by atoms with Crippen LogP contribution in [0.25, 0.3) is 23.0 Å². The molecule has 0 aliphatic heterocycles. The highest BCUT2D eigenvalue weighted by Crippen LogP contribution is 2.32. The highest BCUT2D eigenvalue weighted by Gasteiger charge is 2.19. The fourth-order valence-corrected chi connectivity index (χ4v) is 3.23. The van der Waals surface area contributed by atoms with Crippen molar-refractivity contribution in [1.82, 2.24) is 14.8 Å². The van der Waals surface area contributed by atoms with Crippen LogP contribution in [0.4, 0.5) is 0 Å². The average Bonchev–Trinajstić information content (AvgIpc) is 3.15. The van der Waals surface area contributed by atoms with Crippen molar-refractivity contribution in [2.24, 2.45) is 0 Å². The van der Waals surface area contributed by atoms with Crippen molar-refractivity contribution >= 4 is 17.4 Å². The first kappa shape index (κ1) is 11.6. The minimum absolute atomic E-state index is 1.04. The topological polar surface area (TPSA) is 30.7 Å². The predicted octanol–water partition coefficient (Wildman–Crippen LogP) is 3.96. The first-order valence-corrected chi connectivity index (χ1v) is 7.59. The van der Waals surface area contributed by atoms with Crippen molar-refractivity contribution < 1.29 is 0 Å². The van der Waals surface area contributed by atoms with Crippen molar-refractivity contribution in [1.29, 1.82) is 0 Å². The summed E-state index contributed by atoms with van der Waals surface area (Å²) in [6, 6.07) is 6.15. The zero-order chi connectivity index (χ0) is 13.4. The van der Waals surface area contributed by atoms with Gasteiger partial charge in [0.15, 0.2) is 0 Å². The molecule has 0 N–H and O–H groups in total. The van der Waals surface area contributed by atoms with Gasteiger partial charge >= 0.3 is 0 Å². The van der Waals surface area contributed by atoms with E-state index in [1.807, 2.05) is 24.5 Å². The number of rotatable bonds is 2. The van der Waals surface area contributed by atoms with Crippen molar-refractivity contribution in [2.45, 2.75) is 12.8 Å². The summed E-state index contributed by atoms with van der Waals surface area (Å²) in [6.07, 6.45) is 10.2. The van der Waals surface area contributed by atoms with Gasteiger partial charge in [-0.25, -0.2) is 4.68 Å². The number of aromatic nitrogens is 3. The van der Waals surface area contributed by atoms with Gasteiger partial charge < -0.3 is 0 Å². The number of thiophene rings is 1. The Kier molecular flexibility index (Phi) is 2.74. The molecular formula is C16H13N3S. The predicted molar refractivity (Wildman–Crippen MR) is 82.0 cm³/mol. The minimum atomic E-state index is 1.04. The quantitative estimate of drug-likeness (QED) is 0.711. The van der Waals surface area contributed by atoms with E-state index in [0.717, 1.165) is 29.8 Å². The fraction of sp³-hybridized carbons (Fsp3) is 0.125. The van der Waals surface area contributed by atoms with E-state index in [9.17, 15) is 0 Å². The molecule has 3 aromatic heterocycles. The maximum Gasteiger partial charge on any atom is 0.100 e. The largest absolute Gasteiger partial charge is 0.265 e. The Balaban J connectivity index is 1.95. The molecule has 0 aromatic carbocycles. The summed E-state index contributed by atoms with van der Waals surface area (Å²) in [5, 5.41) is 9.08. The van der Waals surface area contributed by atoms with E-state index in [1.165, 1.54) is 11.3 Å². The summed E-state index contributed by atoms with van der Waals surface area (Å²) in [5.41, 5.74) is 5.87. The number of nitrogens with zero attached hydrogens (tertiary/aromatic N) is 3. The molecule has 3 heterocycles. The molecule has 4 heteroatoms. The molecule has 0 atom stereocenters. The third-order valence-electron chi connectivity index (χ3n) is 3.56. The summed E-state index contributed by atoms with van der Waals surface area (Å²) in [6.45, 7) is 0. The molecule has 0 fully saturated rings. The summed E-state index contributed by atoms with van der Waals surface area (Å²) >= 11 is 1.70. The van der Waals surface area contributed by atoms with Gasteiger partial charge in [0.05, 0.1) is 11.4 Å². The van der Waals surface area contributed by atoms with Gasteiger partial charge in [-0.1, -0.05) is 12.2 Å². The Morgan fingerprint density at radius 2 is 2.05 bits per heavy atom. The molecule has 0 bridgehead atoms. The third kappa shape index (κ3) is 1.80. The number of fused-ring (bicyclic) bond motifs is 1. The third-order valence-corrected chi connectivity index (χ3v) is 4.23. The van der Waals surface area contributed by atoms with Crippen LogP contribution >= 0.6 is 11.3 Å². The molecule has 0 saturated heterocycles. The van der Waals surface area contributed by atoms with E-state index in [2.05, 4.69) is 38.6 Å². The van der Waals surface area contributed by atoms with Crippen LogP contribution in [-0.2, 0) is 6.42 Å². The number of pyridine rings is 1. The monoisotopic (exact) mass is 279 g/mol. The molecule has 1 aliphatic rings. The first-order chi connectivity index (χ1) is 9.93. The van der Waals surface area contributed by atoms with Gasteiger partial charge in [-0.05, 0) is 36.4 Å². The van der Waals surface area contributed by atoms with Crippen molar-refractivity contribution in [3.63, 3.8) is 0 Å². The molecule has 0 spiro atoms. The van der Waals surface area contributed by atoms with Gasteiger partial charge in [0.25, 0.3) is 0 Å². The summed E-state index contributed by atoms with van der Waals surface area (Å²) in [7, 11) is 0. The average molecular weight is 279 g/mol. The van der Waals surface area contributed by atoms with Gasteiger partial charge in [0.1, 0.15) is 5.69 Å². The van der Waals surface area contributed by atoms with Crippen LogP contribution in [0, 0.1) is 0 Å². The fourth-order valence-electron chi connectivity index (χ4n) is 2.62. The first-order valence-electron chi connectivity index (χ1n) is 6.65. The molecule has 0 amide bonds. The second-order valence-corrected chi connectivity index (χ2v) is 5.56. The molecule has 98 valence electrons. The van der Waals surface area contributed by atoms with Crippen molar-refractivity contribution in [2.75, 3.05) is 0 Å². The maximum atomic E-state index is 4.85. The Bertz CT molecular complexity index is 755. The Labute approximate surface area is 121 Å². The molecule has 3 nitrogen and oxygen atoms in total. The lowest BCUT2D eigenvalue weighted by Gasteiger charge is -2.08. The lowest BCUT2D eigenvalue weighted by molar-refractivity contribution is 0.793. The number of hydrogen-bond donors (Lipinski definition) is 0. The highest BCUT2D eigenvalue weighted by atomic mass is 32.1. The lowest BCUT2D eigenvalue weighted by atomic mass is 10.00.